The summed E-state index contributed by atoms with van der Waals surface area (Å²) in [4.78, 5) is 21.5. The van der Waals surface area contributed by atoms with Gasteiger partial charge in [-0.1, -0.05) is 6.07 Å². The lowest BCUT2D eigenvalue weighted by atomic mass is 10.0. The molecule has 2 aromatic rings. The van der Waals surface area contributed by atoms with Crippen LogP contribution in [0, 0.1) is 5.92 Å². The van der Waals surface area contributed by atoms with Gasteiger partial charge in [-0.15, -0.1) is 0 Å². The number of fused-ring (bicyclic) bond motifs is 1. The van der Waals surface area contributed by atoms with Gasteiger partial charge in [-0.3, -0.25) is 14.8 Å². The van der Waals surface area contributed by atoms with Crippen molar-refractivity contribution in [3.8, 4) is 0 Å². The van der Waals surface area contributed by atoms with Crippen molar-refractivity contribution < 1.29 is 26.7 Å². The van der Waals surface area contributed by atoms with E-state index in [9.17, 15) is 22.0 Å². The van der Waals surface area contributed by atoms with Gasteiger partial charge in [0, 0.05) is 37.8 Å². The van der Waals surface area contributed by atoms with E-state index in [-0.39, 0.29) is 17.4 Å². The standard InChI is InChI=1S/C25H27F2N3O4S/c1-14-9-19-24(28-14)20(11-16(29-19)12-21(31)17-13-25(17,26)27)30-18-7-6-15(10-23(18)35(2,32)33)22-5-3-4-8-34-22/h6-7,10-11,17,22H,3-5,8-9,12-13H2,1-2H3,(H,29,30)/t17?,22-/m1/s1. The van der Waals surface area contributed by atoms with Crippen LogP contribution in [-0.4, -0.2) is 43.7 Å². The van der Waals surface area contributed by atoms with Crippen LogP contribution in [0.2, 0.25) is 0 Å². The zero-order valence-corrected chi connectivity index (χ0v) is 20.4. The van der Waals surface area contributed by atoms with Gasteiger partial charge in [0.2, 0.25) is 0 Å². The molecular weight excluding hydrogens is 476 g/mol. The minimum atomic E-state index is -3.59. The number of carbonyl (C=O) groups is 1. The first-order valence-electron chi connectivity index (χ1n) is 11.7. The van der Waals surface area contributed by atoms with Gasteiger partial charge in [0.25, 0.3) is 5.92 Å². The molecule has 1 N–H and O–H groups in total. The number of aliphatic imine (C=N–C) groups is 1. The maximum Gasteiger partial charge on any atom is 0.258 e. The molecule has 2 aliphatic heterocycles. The van der Waals surface area contributed by atoms with Crippen molar-refractivity contribution in [1.82, 2.24) is 4.98 Å². The SMILES string of the molecule is CC1=Nc2c(Nc3ccc([C@H]4CCCCO4)cc3S(C)(=O)=O)cc(CC(=O)C3CC3(F)F)nc2C1. The second-order valence-corrected chi connectivity index (χ2v) is 11.6. The molecule has 5 rings (SSSR count). The number of ketones is 1. The Balaban J connectivity index is 1.49. The van der Waals surface area contributed by atoms with Gasteiger partial charge in [-0.25, -0.2) is 17.2 Å². The highest BCUT2D eigenvalue weighted by molar-refractivity contribution is 7.90. The third kappa shape index (κ3) is 4.99. The minimum Gasteiger partial charge on any atom is -0.374 e. The van der Waals surface area contributed by atoms with E-state index in [1.807, 2.05) is 13.0 Å². The number of pyridine rings is 1. The number of ether oxygens (including phenoxy) is 1. The van der Waals surface area contributed by atoms with Crippen LogP contribution in [0.5, 0.6) is 0 Å². The van der Waals surface area contributed by atoms with Crippen molar-refractivity contribution in [2.75, 3.05) is 18.2 Å². The van der Waals surface area contributed by atoms with Gasteiger partial charge in [-0.05, 0) is 49.9 Å². The van der Waals surface area contributed by atoms with Crippen LogP contribution >= 0.6 is 0 Å². The number of nitrogens with one attached hydrogen (secondary N) is 1. The molecule has 1 saturated heterocycles. The van der Waals surface area contributed by atoms with Crippen molar-refractivity contribution in [3.05, 3.63) is 41.2 Å². The van der Waals surface area contributed by atoms with E-state index in [1.165, 1.54) is 0 Å². The summed E-state index contributed by atoms with van der Waals surface area (Å²) in [6.45, 7) is 2.50. The number of alkyl halides is 2. The van der Waals surface area contributed by atoms with Crippen LogP contribution in [0.4, 0.5) is 25.8 Å². The second kappa shape index (κ2) is 8.74. The summed E-state index contributed by atoms with van der Waals surface area (Å²) in [6, 6.07) is 6.80. The van der Waals surface area contributed by atoms with E-state index in [4.69, 9.17) is 4.74 Å². The Morgan fingerprint density at radius 3 is 2.66 bits per heavy atom. The maximum absolute atomic E-state index is 13.4. The quantitative estimate of drug-likeness (QED) is 0.578. The van der Waals surface area contributed by atoms with Crippen molar-refractivity contribution >= 4 is 38.4 Å². The Hall–Kier alpha value is -2.72. The number of hydrogen-bond donors (Lipinski definition) is 1. The highest BCUT2D eigenvalue weighted by Crippen LogP contribution is 2.49. The summed E-state index contributed by atoms with van der Waals surface area (Å²) in [5, 5.41) is 3.18. The Labute approximate surface area is 202 Å². The molecule has 0 bridgehead atoms. The Bertz CT molecular complexity index is 1330. The van der Waals surface area contributed by atoms with Crippen molar-refractivity contribution in [3.63, 3.8) is 0 Å². The number of sulfone groups is 1. The molecule has 1 saturated carbocycles. The molecule has 0 radical (unpaired) electrons. The van der Waals surface area contributed by atoms with E-state index >= 15 is 0 Å². The fourth-order valence-electron chi connectivity index (χ4n) is 4.72. The van der Waals surface area contributed by atoms with Crippen LogP contribution in [0.1, 0.15) is 55.7 Å². The molecule has 0 amide bonds. The van der Waals surface area contributed by atoms with Crippen molar-refractivity contribution in [1.29, 1.82) is 0 Å². The molecule has 7 nitrogen and oxygen atoms in total. The summed E-state index contributed by atoms with van der Waals surface area (Å²) >= 11 is 0. The number of hydrogen-bond acceptors (Lipinski definition) is 7. The lowest BCUT2D eigenvalue weighted by molar-refractivity contribution is -0.121. The predicted octanol–water partition coefficient (Wildman–Crippen LogP) is 4.89. The molecule has 1 aliphatic carbocycles. The fraction of sp³-hybridized carbons (Fsp3) is 0.480. The molecule has 1 aromatic heterocycles. The second-order valence-electron chi connectivity index (χ2n) is 9.65. The summed E-state index contributed by atoms with van der Waals surface area (Å²) in [5.41, 5.74) is 4.04. The third-order valence-corrected chi connectivity index (χ3v) is 7.78. The molecule has 1 aromatic carbocycles. The lowest BCUT2D eigenvalue weighted by Gasteiger charge is -2.24. The average molecular weight is 504 g/mol. The van der Waals surface area contributed by atoms with Crippen LogP contribution in [0.3, 0.4) is 0 Å². The van der Waals surface area contributed by atoms with E-state index in [2.05, 4.69) is 15.3 Å². The first-order chi connectivity index (χ1) is 16.5. The number of anilines is 2. The lowest BCUT2D eigenvalue weighted by Crippen LogP contribution is -2.13. The molecule has 10 heteroatoms. The zero-order chi connectivity index (χ0) is 25.0. The van der Waals surface area contributed by atoms with E-state index in [0.717, 1.165) is 36.8 Å². The molecule has 186 valence electrons. The monoisotopic (exact) mass is 503 g/mol. The van der Waals surface area contributed by atoms with Crippen molar-refractivity contribution in [2.45, 2.75) is 62.4 Å². The predicted molar refractivity (Wildman–Crippen MR) is 128 cm³/mol. The van der Waals surface area contributed by atoms with Crippen LogP contribution in [0.25, 0.3) is 0 Å². The number of nitrogens with zero attached hydrogens (tertiary/aromatic N) is 2. The molecule has 2 fully saturated rings. The Morgan fingerprint density at radius 2 is 2.00 bits per heavy atom. The summed E-state index contributed by atoms with van der Waals surface area (Å²) in [7, 11) is -3.59. The molecule has 1 unspecified atom stereocenters. The molecule has 2 atom stereocenters. The summed E-state index contributed by atoms with van der Waals surface area (Å²) < 4.78 is 57.9. The van der Waals surface area contributed by atoms with Crippen LogP contribution < -0.4 is 5.32 Å². The van der Waals surface area contributed by atoms with Gasteiger partial charge in [0.15, 0.2) is 9.84 Å². The van der Waals surface area contributed by atoms with E-state index in [0.29, 0.717) is 41.5 Å². The highest BCUT2D eigenvalue weighted by atomic mass is 32.2. The van der Waals surface area contributed by atoms with Gasteiger partial charge in [0.1, 0.15) is 11.5 Å². The number of Topliss-reactive ketones (excluding diaryl/α,β-unsaturated/α-hetero) is 1. The Morgan fingerprint density at radius 1 is 1.23 bits per heavy atom. The first kappa shape index (κ1) is 24.0. The van der Waals surface area contributed by atoms with Gasteiger partial charge in [-0.2, -0.15) is 0 Å². The average Bonchev–Trinajstić information content (AvgIpc) is 3.27. The molecule has 35 heavy (non-hydrogen) atoms. The highest BCUT2D eigenvalue weighted by Gasteiger charge is 2.60. The molecule has 3 heterocycles. The maximum atomic E-state index is 13.4. The summed E-state index contributed by atoms with van der Waals surface area (Å²) in [5.74, 6) is -4.72. The number of benzene rings is 1. The van der Waals surface area contributed by atoms with Crippen molar-refractivity contribution in [2.24, 2.45) is 10.9 Å². The Kier molecular flexibility index (Phi) is 5.99. The fourth-order valence-corrected chi connectivity index (χ4v) is 5.59. The number of aromatic nitrogens is 1. The third-order valence-electron chi connectivity index (χ3n) is 6.64. The molecular formula is C25H27F2N3O4S. The number of rotatable bonds is 7. The first-order valence-corrected chi connectivity index (χ1v) is 13.6. The topological polar surface area (TPSA) is 97.7 Å². The van der Waals surface area contributed by atoms with E-state index < -0.39 is 33.9 Å². The minimum absolute atomic E-state index is 0.128. The van der Waals surface area contributed by atoms with Gasteiger partial charge < -0.3 is 10.1 Å². The molecule has 3 aliphatic rings. The molecule has 0 spiro atoms. The van der Waals surface area contributed by atoms with Crippen LogP contribution in [0.15, 0.2) is 34.2 Å². The number of carbonyl (C=O) groups excluding carboxylic acids is 1. The normalized spacial score (nSPS) is 22.9. The van der Waals surface area contributed by atoms with Gasteiger partial charge in [0.05, 0.1) is 39.7 Å². The zero-order valence-electron chi connectivity index (χ0n) is 19.6. The van der Waals surface area contributed by atoms with Crippen LogP contribution in [-0.2, 0) is 32.2 Å². The van der Waals surface area contributed by atoms with Gasteiger partial charge >= 0.3 is 0 Å². The number of halogens is 2. The summed E-state index contributed by atoms with van der Waals surface area (Å²) in [6.07, 6.45) is 3.70. The largest absolute Gasteiger partial charge is 0.374 e. The smallest absolute Gasteiger partial charge is 0.258 e. The van der Waals surface area contributed by atoms with E-state index in [1.54, 1.807) is 18.2 Å².